The number of aromatic amines is 1. The number of H-pyrrole nitrogens is 1. The standard InChI is InChI=1S/C22H22ClN3OS/c23-17(13-14-7-9-15(10-8-14)26-11-2-1-3-12-26)20-24-21(27)19-16-5-4-6-18(16)28-22(19)25-20/h7-10,13H,1-6,11-12H2,(H,24,25,27)/b17-13+. The minimum Gasteiger partial charge on any atom is -0.372 e. The lowest BCUT2D eigenvalue weighted by atomic mass is 10.1. The molecule has 2 aromatic heterocycles. The largest absolute Gasteiger partial charge is 0.372 e. The predicted octanol–water partition coefficient (Wildman–Crippen LogP) is 5.20. The van der Waals surface area contributed by atoms with Crippen LogP contribution in [0.25, 0.3) is 21.3 Å². The summed E-state index contributed by atoms with van der Waals surface area (Å²) in [5.41, 5.74) is 3.37. The summed E-state index contributed by atoms with van der Waals surface area (Å²) in [4.78, 5) is 24.7. The Hall–Kier alpha value is -2.11. The first-order valence-corrected chi connectivity index (χ1v) is 11.2. The highest BCUT2D eigenvalue weighted by atomic mass is 35.5. The number of halogens is 1. The lowest BCUT2D eigenvalue weighted by molar-refractivity contribution is 0.578. The van der Waals surface area contributed by atoms with Gasteiger partial charge >= 0.3 is 0 Å². The number of aromatic nitrogens is 2. The van der Waals surface area contributed by atoms with Crippen LogP contribution in [0.1, 0.15) is 47.5 Å². The predicted molar refractivity (Wildman–Crippen MR) is 118 cm³/mol. The molecule has 28 heavy (non-hydrogen) atoms. The van der Waals surface area contributed by atoms with Crippen LogP contribution in [0.15, 0.2) is 29.1 Å². The summed E-state index contributed by atoms with van der Waals surface area (Å²) in [6.07, 6.45) is 8.89. The molecule has 1 N–H and O–H groups in total. The molecule has 144 valence electrons. The maximum absolute atomic E-state index is 12.6. The molecule has 0 unspecified atom stereocenters. The summed E-state index contributed by atoms with van der Waals surface area (Å²) >= 11 is 8.15. The minimum absolute atomic E-state index is 0.0774. The molecule has 0 amide bonds. The fourth-order valence-corrected chi connectivity index (χ4v) is 5.74. The van der Waals surface area contributed by atoms with Crippen LogP contribution in [0.5, 0.6) is 0 Å². The van der Waals surface area contributed by atoms with E-state index >= 15 is 0 Å². The van der Waals surface area contributed by atoms with Crippen molar-refractivity contribution >= 4 is 50.0 Å². The van der Waals surface area contributed by atoms with Gasteiger partial charge in [0.1, 0.15) is 4.83 Å². The number of fused-ring (bicyclic) bond motifs is 3. The molecule has 1 saturated heterocycles. The number of hydrogen-bond donors (Lipinski definition) is 1. The summed E-state index contributed by atoms with van der Waals surface area (Å²) in [5, 5.41) is 1.22. The third kappa shape index (κ3) is 3.27. The number of nitrogens with zero attached hydrogens (tertiary/aromatic N) is 2. The SMILES string of the molecule is O=c1[nH]c(/C(Cl)=C\c2ccc(N3CCCCC3)cc2)nc2sc3c(c12)CCC3. The van der Waals surface area contributed by atoms with E-state index in [4.69, 9.17) is 11.6 Å². The maximum atomic E-state index is 12.6. The van der Waals surface area contributed by atoms with E-state index < -0.39 is 0 Å². The van der Waals surface area contributed by atoms with Crippen molar-refractivity contribution in [2.75, 3.05) is 18.0 Å². The highest BCUT2D eigenvalue weighted by molar-refractivity contribution is 7.18. The smallest absolute Gasteiger partial charge is 0.260 e. The van der Waals surface area contributed by atoms with Gasteiger partial charge in [-0.1, -0.05) is 23.7 Å². The van der Waals surface area contributed by atoms with Crippen molar-refractivity contribution in [1.29, 1.82) is 0 Å². The van der Waals surface area contributed by atoms with Gasteiger partial charge in [0.2, 0.25) is 0 Å². The molecule has 1 aliphatic heterocycles. The Bertz CT molecular complexity index is 1110. The van der Waals surface area contributed by atoms with E-state index in [-0.39, 0.29) is 5.56 Å². The Labute approximate surface area is 172 Å². The van der Waals surface area contributed by atoms with Gasteiger partial charge in [0.15, 0.2) is 5.82 Å². The zero-order valence-electron chi connectivity index (χ0n) is 15.6. The molecule has 6 heteroatoms. The van der Waals surface area contributed by atoms with Gasteiger partial charge in [0, 0.05) is 23.7 Å². The number of benzene rings is 1. The summed E-state index contributed by atoms with van der Waals surface area (Å²) in [5.74, 6) is 0.444. The highest BCUT2D eigenvalue weighted by Gasteiger charge is 2.21. The Morgan fingerprint density at radius 1 is 1.11 bits per heavy atom. The quantitative estimate of drug-likeness (QED) is 0.644. The molecule has 0 spiro atoms. The van der Waals surface area contributed by atoms with Crippen molar-refractivity contribution in [3.05, 3.63) is 56.4 Å². The topological polar surface area (TPSA) is 49.0 Å². The van der Waals surface area contributed by atoms with Gasteiger partial charge in [0.25, 0.3) is 5.56 Å². The Kier molecular flexibility index (Phi) is 4.73. The summed E-state index contributed by atoms with van der Waals surface area (Å²) in [7, 11) is 0. The van der Waals surface area contributed by atoms with E-state index in [0.717, 1.165) is 48.1 Å². The molecule has 0 bridgehead atoms. The van der Waals surface area contributed by atoms with Crippen molar-refractivity contribution in [2.45, 2.75) is 38.5 Å². The molecule has 3 heterocycles. The number of thiophene rings is 1. The second-order valence-corrected chi connectivity index (χ2v) is 9.07. The fourth-order valence-electron chi connectivity index (χ4n) is 4.26. The van der Waals surface area contributed by atoms with Gasteiger partial charge in [-0.2, -0.15) is 0 Å². The third-order valence-electron chi connectivity index (χ3n) is 5.71. The van der Waals surface area contributed by atoms with Crippen LogP contribution in [-0.4, -0.2) is 23.1 Å². The normalized spacial score (nSPS) is 17.3. The number of nitrogens with one attached hydrogen (secondary N) is 1. The molecular formula is C22H22ClN3OS. The number of rotatable bonds is 3. The zero-order valence-corrected chi connectivity index (χ0v) is 17.2. The van der Waals surface area contributed by atoms with Crippen LogP contribution in [-0.2, 0) is 12.8 Å². The molecule has 4 nitrogen and oxygen atoms in total. The van der Waals surface area contributed by atoms with E-state index in [9.17, 15) is 4.79 Å². The van der Waals surface area contributed by atoms with E-state index in [1.165, 1.54) is 35.4 Å². The van der Waals surface area contributed by atoms with Gasteiger partial charge in [0.05, 0.1) is 10.4 Å². The Morgan fingerprint density at radius 2 is 1.89 bits per heavy atom. The molecule has 0 radical (unpaired) electrons. The molecule has 2 aliphatic rings. The van der Waals surface area contributed by atoms with Crippen molar-refractivity contribution in [3.63, 3.8) is 0 Å². The van der Waals surface area contributed by atoms with Crippen LogP contribution in [0.3, 0.4) is 0 Å². The van der Waals surface area contributed by atoms with Crippen LogP contribution in [0, 0.1) is 0 Å². The van der Waals surface area contributed by atoms with Crippen LogP contribution >= 0.6 is 22.9 Å². The average molecular weight is 412 g/mol. The molecule has 0 atom stereocenters. The van der Waals surface area contributed by atoms with Crippen molar-refractivity contribution < 1.29 is 0 Å². The number of hydrogen-bond acceptors (Lipinski definition) is 4. The third-order valence-corrected chi connectivity index (χ3v) is 7.18. The van der Waals surface area contributed by atoms with E-state index in [2.05, 4.69) is 39.1 Å². The van der Waals surface area contributed by atoms with Gasteiger partial charge in [-0.15, -0.1) is 11.3 Å². The zero-order chi connectivity index (χ0) is 19.1. The molecular weight excluding hydrogens is 390 g/mol. The fraction of sp³-hybridized carbons (Fsp3) is 0.364. The molecule has 1 aliphatic carbocycles. The van der Waals surface area contributed by atoms with E-state index in [0.29, 0.717) is 10.9 Å². The first-order valence-electron chi connectivity index (χ1n) is 9.96. The van der Waals surface area contributed by atoms with E-state index in [1.807, 2.05) is 6.08 Å². The highest BCUT2D eigenvalue weighted by Crippen LogP contribution is 2.35. The Morgan fingerprint density at radius 3 is 2.68 bits per heavy atom. The first kappa shape index (κ1) is 18.0. The van der Waals surface area contributed by atoms with Gasteiger partial charge < -0.3 is 9.88 Å². The summed E-state index contributed by atoms with van der Waals surface area (Å²) in [6, 6.07) is 8.43. The van der Waals surface area contributed by atoms with E-state index in [1.54, 1.807) is 11.3 Å². The maximum Gasteiger partial charge on any atom is 0.260 e. The number of anilines is 1. The lowest BCUT2D eigenvalue weighted by Crippen LogP contribution is -2.29. The second kappa shape index (κ2) is 7.37. The molecule has 1 aromatic carbocycles. The molecule has 5 rings (SSSR count). The van der Waals surface area contributed by atoms with Crippen molar-refractivity contribution in [2.24, 2.45) is 0 Å². The van der Waals surface area contributed by atoms with Crippen LogP contribution in [0.2, 0.25) is 0 Å². The van der Waals surface area contributed by atoms with Crippen molar-refractivity contribution in [1.82, 2.24) is 9.97 Å². The minimum atomic E-state index is -0.0774. The monoisotopic (exact) mass is 411 g/mol. The van der Waals surface area contributed by atoms with Gasteiger partial charge in [-0.05, 0) is 67.9 Å². The average Bonchev–Trinajstić information content (AvgIpc) is 3.30. The Balaban J connectivity index is 1.43. The summed E-state index contributed by atoms with van der Waals surface area (Å²) < 4.78 is 0. The van der Waals surface area contributed by atoms with Gasteiger partial charge in [-0.3, -0.25) is 4.79 Å². The summed E-state index contributed by atoms with van der Waals surface area (Å²) in [6.45, 7) is 2.26. The lowest BCUT2D eigenvalue weighted by Gasteiger charge is -2.28. The molecule has 3 aromatic rings. The second-order valence-electron chi connectivity index (χ2n) is 7.58. The van der Waals surface area contributed by atoms with Gasteiger partial charge in [-0.25, -0.2) is 4.98 Å². The molecule has 0 saturated carbocycles. The number of piperidine rings is 1. The number of aryl methyl sites for hydroxylation is 2. The molecule has 1 fully saturated rings. The van der Waals surface area contributed by atoms with Crippen LogP contribution < -0.4 is 10.5 Å². The van der Waals surface area contributed by atoms with Crippen LogP contribution in [0.4, 0.5) is 5.69 Å². The van der Waals surface area contributed by atoms with Crippen molar-refractivity contribution in [3.8, 4) is 0 Å². The first-order chi connectivity index (χ1) is 13.7.